The molecule has 0 radical (unpaired) electrons. The Morgan fingerprint density at radius 3 is 3.07 bits per heavy atom. The lowest BCUT2D eigenvalue weighted by molar-refractivity contribution is 0.193. The first-order valence-corrected chi connectivity index (χ1v) is 9.64. The first-order chi connectivity index (χ1) is 13.4. The minimum absolute atomic E-state index is 0.286. The number of thiophene rings is 1. The number of hydrogen-bond donors (Lipinski definition) is 2. The second-order valence-electron chi connectivity index (χ2n) is 6.30. The summed E-state index contributed by atoms with van der Waals surface area (Å²) in [5, 5.41) is 13.7. The van der Waals surface area contributed by atoms with Crippen LogP contribution in [0.2, 0.25) is 0 Å². The summed E-state index contributed by atoms with van der Waals surface area (Å²) in [6, 6.07) is 7.74. The van der Waals surface area contributed by atoms with E-state index in [2.05, 4.69) is 35.5 Å². The Morgan fingerprint density at radius 2 is 2.22 bits per heavy atom. The van der Waals surface area contributed by atoms with Gasteiger partial charge in [0.15, 0.2) is 11.6 Å². The van der Waals surface area contributed by atoms with E-state index in [1.54, 1.807) is 17.5 Å². The van der Waals surface area contributed by atoms with E-state index in [4.69, 9.17) is 4.74 Å². The molecule has 4 aromatic rings. The zero-order valence-corrected chi connectivity index (χ0v) is 15.2. The van der Waals surface area contributed by atoms with E-state index < -0.39 is 0 Å². The van der Waals surface area contributed by atoms with E-state index in [9.17, 15) is 0 Å². The van der Waals surface area contributed by atoms with E-state index >= 15 is 0 Å². The molecule has 1 aliphatic rings. The Balaban J connectivity index is 1.40. The van der Waals surface area contributed by atoms with Gasteiger partial charge in [-0.05, 0) is 30.0 Å². The molecule has 5 rings (SSSR count). The third-order valence-electron chi connectivity index (χ3n) is 4.49. The Labute approximate surface area is 159 Å². The maximum Gasteiger partial charge on any atom is 0.181 e. The number of aromatic amines is 1. The number of pyridine rings is 1. The van der Waals surface area contributed by atoms with Gasteiger partial charge in [-0.1, -0.05) is 6.07 Å². The second kappa shape index (κ2) is 7.01. The molecule has 0 saturated carbocycles. The molecular formula is C18H17N7OS. The lowest BCUT2D eigenvalue weighted by Crippen LogP contribution is -2.05. The number of fused-ring (bicyclic) bond motifs is 1. The predicted octanol–water partition coefficient (Wildman–Crippen LogP) is 2.99. The fourth-order valence-electron chi connectivity index (χ4n) is 3.08. The summed E-state index contributed by atoms with van der Waals surface area (Å²) < 4.78 is 5.41. The van der Waals surface area contributed by atoms with Crippen LogP contribution < -0.4 is 5.32 Å². The van der Waals surface area contributed by atoms with Gasteiger partial charge < -0.3 is 10.1 Å². The van der Waals surface area contributed by atoms with E-state index in [1.165, 1.54) is 0 Å². The van der Waals surface area contributed by atoms with Gasteiger partial charge in [-0.15, -0.1) is 11.3 Å². The summed E-state index contributed by atoms with van der Waals surface area (Å²) in [4.78, 5) is 19.2. The number of nitrogens with one attached hydrogen (secondary N) is 2. The molecule has 27 heavy (non-hydrogen) atoms. The predicted molar refractivity (Wildman–Crippen MR) is 103 cm³/mol. The van der Waals surface area contributed by atoms with Gasteiger partial charge in [-0.3, -0.25) is 10.1 Å². The third kappa shape index (κ3) is 3.26. The van der Waals surface area contributed by atoms with Crippen molar-refractivity contribution in [2.75, 3.05) is 18.5 Å². The number of hydrogen-bond acceptors (Lipinski definition) is 8. The molecule has 9 heteroatoms. The number of anilines is 1. The highest BCUT2D eigenvalue weighted by Crippen LogP contribution is 2.28. The van der Waals surface area contributed by atoms with Crippen LogP contribution in [0.25, 0.3) is 21.7 Å². The van der Waals surface area contributed by atoms with Crippen molar-refractivity contribution in [1.82, 2.24) is 30.1 Å². The largest absolute Gasteiger partial charge is 0.381 e. The zero-order chi connectivity index (χ0) is 18.1. The molecule has 4 aromatic heterocycles. The van der Waals surface area contributed by atoms with Crippen molar-refractivity contribution in [3.63, 3.8) is 0 Å². The molecule has 1 atom stereocenters. The topological polar surface area (TPSA) is 102 Å². The molecular weight excluding hydrogens is 362 g/mol. The number of nitrogens with zero attached hydrogens (tertiary/aromatic N) is 5. The monoisotopic (exact) mass is 379 g/mol. The van der Waals surface area contributed by atoms with Crippen molar-refractivity contribution >= 4 is 27.4 Å². The summed E-state index contributed by atoms with van der Waals surface area (Å²) in [5.41, 5.74) is 0.749. The lowest BCUT2D eigenvalue weighted by Gasteiger charge is -2.07. The number of rotatable bonds is 5. The quantitative estimate of drug-likeness (QED) is 0.549. The maximum absolute atomic E-state index is 5.41. The average molecular weight is 379 g/mol. The Morgan fingerprint density at radius 1 is 1.22 bits per heavy atom. The standard InChI is InChI=1S/C18H17N7OS/c1-2-6-19-13(3-1)17-22-16(12-5-8-27-18(12)23-17)20-9-14-21-15(25-24-14)11-4-7-26-10-11/h1-3,5-6,8,11H,4,7,9-10H2,(H,20,22,23)(H,21,24,25). The van der Waals surface area contributed by atoms with E-state index in [1.807, 2.05) is 29.6 Å². The molecule has 0 aliphatic carbocycles. The molecule has 136 valence electrons. The molecule has 1 saturated heterocycles. The van der Waals surface area contributed by atoms with Crippen LogP contribution in [-0.4, -0.2) is 43.3 Å². The van der Waals surface area contributed by atoms with Gasteiger partial charge in [-0.2, -0.15) is 5.10 Å². The van der Waals surface area contributed by atoms with E-state index in [-0.39, 0.29) is 5.92 Å². The second-order valence-corrected chi connectivity index (χ2v) is 7.20. The van der Waals surface area contributed by atoms with Crippen LogP contribution in [-0.2, 0) is 11.3 Å². The molecule has 2 N–H and O–H groups in total. The molecule has 0 spiro atoms. The number of H-pyrrole nitrogens is 1. The minimum Gasteiger partial charge on any atom is -0.381 e. The van der Waals surface area contributed by atoms with Gasteiger partial charge in [-0.25, -0.2) is 15.0 Å². The Hall–Kier alpha value is -2.91. The smallest absolute Gasteiger partial charge is 0.181 e. The highest BCUT2D eigenvalue weighted by Gasteiger charge is 2.22. The van der Waals surface area contributed by atoms with Crippen molar-refractivity contribution in [3.8, 4) is 11.5 Å². The minimum atomic E-state index is 0.286. The van der Waals surface area contributed by atoms with Crippen molar-refractivity contribution in [1.29, 1.82) is 0 Å². The summed E-state index contributed by atoms with van der Waals surface area (Å²) >= 11 is 1.58. The van der Waals surface area contributed by atoms with E-state index in [0.29, 0.717) is 19.0 Å². The van der Waals surface area contributed by atoms with Gasteiger partial charge in [0.05, 0.1) is 18.5 Å². The van der Waals surface area contributed by atoms with Gasteiger partial charge in [0.1, 0.15) is 22.2 Å². The maximum atomic E-state index is 5.41. The molecule has 8 nitrogen and oxygen atoms in total. The van der Waals surface area contributed by atoms with Crippen LogP contribution in [0.1, 0.15) is 24.0 Å². The molecule has 0 amide bonds. The zero-order valence-electron chi connectivity index (χ0n) is 14.4. The van der Waals surface area contributed by atoms with Crippen molar-refractivity contribution in [2.24, 2.45) is 0 Å². The highest BCUT2D eigenvalue weighted by atomic mass is 32.1. The first-order valence-electron chi connectivity index (χ1n) is 8.76. The highest BCUT2D eigenvalue weighted by molar-refractivity contribution is 7.16. The molecule has 1 aliphatic heterocycles. The van der Waals surface area contributed by atoms with Crippen LogP contribution in [0.3, 0.4) is 0 Å². The fraction of sp³-hybridized carbons (Fsp3) is 0.278. The Kier molecular flexibility index (Phi) is 4.23. The van der Waals surface area contributed by atoms with Crippen LogP contribution >= 0.6 is 11.3 Å². The molecule has 5 heterocycles. The number of aromatic nitrogens is 6. The summed E-state index contributed by atoms with van der Waals surface area (Å²) in [6.07, 6.45) is 2.72. The third-order valence-corrected chi connectivity index (χ3v) is 5.29. The fourth-order valence-corrected chi connectivity index (χ4v) is 3.84. The molecule has 0 bridgehead atoms. The number of ether oxygens (including phenoxy) is 1. The van der Waals surface area contributed by atoms with Crippen molar-refractivity contribution < 1.29 is 4.74 Å². The van der Waals surface area contributed by atoms with Crippen LogP contribution in [0.15, 0.2) is 35.8 Å². The van der Waals surface area contributed by atoms with Crippen LogP contribution in [0, 0.1) is 0 Å². The van der Waals surface area contributed by atoms with Crippen molar-refractivity contribution in [3.05, 3.63) is 47.5 Å². The van der Waals surface area contributed by atoms with Crippen LogP contribution in [0.5, 0.6) is 0 Å². The van der Waals surface area contributed by atoms with Crippen molar-refractivity contribution in [2.45, 2.75) is 18.9 Å². The van der Waals surface area contributed by atoms with E-state index in [0.717, 1.165) is 46.4 Å². The molecule has 0 aromatic carbocycles. The van der Waals surface area contributed by atoms with Crippen LogP contribution in [0.4, 0.5) is 5.82 Å². The summed E-state index contributed by atoms with van der Waals surface area (Å²) in [5.74, 6) is 3.26. The first kappa shape index (κ1) is 16.3. The lowest BCUT2D eigenvalue weighted by atomic mass is 10.1. The normalized spacial score (nSPS) is 16.8. The summed E-state index contributed by atoms with van der Waals surface area (Å²) in [6.45, 7) is 1.98. The SMILES string of the molecule is c1ccc(-c2nc(NCc3nc(C4CCOC4)n[nH]3)c3ccsc3n2)nc1. The molecule has 1 unspecified atom stereocenters. The molecule has 1 fully saturated rings. The summed E-state index contributed by atoms with van der Waals surface area (Å²) in [7, 11) is 0. The Bertz CT molecular complexity index is 1060. The van der Waals surface area contributed by atoms with Gasteiger partial charge in [0.25, 0.3) is 0 Å². The van der Waals surface area contributed by atoms with Gasteiger partial charge in [0, 0.05) is 18.7 Å². The van der Waals surface area contributed by atoms with Gasteiger partial charge >= 0.3 is 0 Å². The average Bonchev–Trinajstić information content (AvgIpc) is 3.47. The van der Waals surface area contributed by atoms with Gasteiger partial charge in [0.2, 0.25) is 0 Å².